The van der Waals surface area contributed by atoms with Gasteiger partial charge in [0.2, 0.25) is 0 Å². The first kappa shape index (κ1) is 14.7. The zero-order chi connectivity index (χ0) is 16.6. The standard InChI is InChI=1S/C22H18O2/c1-16(23)24-15-22(18-10-3-2-4-11-18)14-21(22)20-13-7-9-17-8-5-6-12-19(17)20/h2-14H,15H2,1H3. The van der Waals surface area contributed by atoms with E-state index in [0.29, 0.717) is 6.61 Å². The molecule has 0 saturated heterocycles. The lowest BCUT2D eigenvalue weighted by Gasteiger charge is -2.20. The van der Waals surface area contributed by atoms with Crippen molar-refractivity contribution in [2.24, 2.45) is 0 Å². The van der Waals surface area contributed by atoms with E-state index in [1.807, 2.05) is 18.2 Å². The molecule has 24 heavy (non-hydrogen) atoms. The van der Waals surface area contributed by atoms with E-state index in [9.17, 15) is 4.79 Å². The summed E-state index contributed by atoms with van der Waals surface area (Å²) in [6.45, 7) is 1.81. The van der Waals surface area contributed by atoms with Gasteiger partial charge in [-0.25, -0.2) is 0 Å². The molecule has 0 spiro atoms. The molecule has 0 aromatic heterocycles. The van der Waals surface area contributed by atoms with E-state index < -0.39 is 0 Å². The van der Waals surface area contributed by atoms with Crippen molar-refractivity contribution >= 4 is 22.3 Å². The van der Waals surface area contributed by atoms with Gasteiger partial charge in [0.15, 0.2) is 0 Å². The van der Waals surface area contributed by atoms with Crippen LogP contribution >= 0.6 is 0 Å². The summed E-state index contributed by atoms with van der Waals surface area (Å²) in [7, 11) is 0. The molecule has 0 N–H and O–H groups in total. The van der Waals surface area contributed by atoms with Gasteiger partial charge in [-0.15, -0.1) is 0 Å². The molecule has 2 heteroatoms. The number of hydrogen-bond donors (Lipinski definition) is 0. The van der Waals surface area contributed by atoms with E-state index >= 15 is 0 Å². The Balaban J connectivity index is 1.78. The summed E-state index contributed by atoms with van der Waals surface area (Å²) < 4.78 is 5.40. The Hall–Kier alpha value is -2.87. The number of hydrogen-bond acceptors (Lipinski definition) is 2. The summed E-state index contributed by atoms with van der Waals surface area (Å²) >= 11 is 0. The highest BCUT2D eigenvalue weighted by Gasteiger charge is 2.47. The van der Waals surface area contributed by atoms with Crippen molar-refractivity contribution in [2.75, 3.05) is 6.61 Å². The molecule has 0 heterocycles. The van der Waals surface area contributed by atoms with Crippen LogP contribution in [0.25, 0.3) is 16.3 Å². The maximum absolute atomic E-state index is 11.4. The lowest BCUT2D eigenvalue weighted by molar-refractivity contribution is -0.141. The quantitative estimate of drug-likeness (QED) is 0.650. The van der Waals surface area contributed by atoms with E-state index in [2.05, 4.69) is 60.7 Å². The summed E-state index contributed by atoms with van der Waals surface area (Å²) in [4.78, 5) is 11.4. The number of fused-ring (bicyclic) bond motifs is 1. The average Bonchev–Trinajstić information content (AvgIpc) is 3.36. The summed E-state index contributed by atoms with van der Waals surface area (Å²) in [5, 5.41) is 2.45. The zero-order valence-electron chi connectivity index (χ0n) is 13.5. The number of esters is 1. The van der Waals surface area contributed by atoms with E-state index in [-0.39, 0.29) is 11.4 Å². The number of benzene rings is 3. The Labute approximate surface area is 141 Å². The van der Waals surface area contributed by atoms with Crippen LogP contribution in [-0.2, 0) is 14.9 Å². The smallest absolute Gasteiger partial charge is 0.302 e. The van der Waals surface area contributed by atoms with Crippen LogP contribution in [0.15, 0.2) is 78.9 Å². The summed E-state index contributed by atoms with van der Waals surface area (Å²) in [6.07, 6.45) is 2.22. The molecule has 1 aliphatic carbocycles. The molecule has 0 amide bonds. The Bertz CT molecular complexity index is 935. The number of carbonyl (C=O) groups is 1. The molecule has 0 fully saturated rings. The van der Waals surface area contributed by atoms with Crippen molar-refractivity contribution in [1.29, 1.82) is 0 Å². The third-order valence-corrected chi connectivity index (χ3v) is 4.66. The average molecular weight is 314 g/mol. The summed E-state index contributed by atoms with van der Waals surface area (Å²) in [5.41, 5.74) is 3.29. The molecule has 0 radical (unpaired) electrons. The molecule has 0 saturated carbocycles. The van der Waals surface area contributed by atoms with Gasteiger partial charge in [0.25, 0.3) is 0 Å². The van der Waals surface area contributed by atoms with Crippen LogP contribution in [0, 0.1) is 0 Å². The van der Waals surface area contributed by atoms with Gasteiger partial charge < -0.3 is 4.74 Å². The van der Waals surface area contributed by atoms with Crippen LogP contribution in [-0.4, -0.2) is 12.6 Å². The number of carbonyl (C=O) groups excluding carboxylic acids is 1. The Kier molecular flexibility index (Phi) is 3.46. The van der Waals surface area contributed by atoms with Crippen LogP contribution in [0.2, 0.25) is 0 Å². The topological polar surface area (TPSA) is 26.3 Å². The first-order valence-corrected chi connectivity index (χ1v) is 8.11. The minimum absolute atomic E-state index is 0.247. The van der Waals surface area contributed by atoms with Gasteiger partial charge in [-0.1, -0.05) is 78.9 Å². The van der Waals surface area contributed by atoms with Gasteiger partial charge in [0, 0.05) is 6.92 Å². The van der Waals surface area contributed by atoms with E-state index in [1.54, 1.807) is 0 Å². The first-order valence-electron chi connectivity index (χ1n) is 8.11. The second-order valence-corrected chi connectivity index (χ2v) is 6.20. The third-order valence-electron chi connectivity index (χ3n) is 4.66. The second kappa shape index (κ2) is 5.64. The first-order chi connectivity index (χ1) is 11.7. The normalized spacial score (nSPS) is 19.0. The Morgan fingerprint density at radius 1 is 0.917 bits per heavy atom. The van der Waals surface area contributed by atoms with Gasteiger partial charge >= 0.3 is 5.97 Å². The fraction of sp³-hybridized carbons (Fsp3) is 0.136. The number of ether oxygens (including phenoxy) is 1. The minimum Gasteiger partial charge on any atom is -0.464 e. The van der Waals surface area contributed by atoms with Crippen molar-refractivity contribution in [3.8, 4) is 0 Å². The molecule has 0 bridgehead atoms. The second-order valence-electron chi connectivity index (χ2n) is 6.20. The van der Waals surface area contributed by atoms with Gasteiger partial charge in [-0.3, -0.25) is 4.79 Å². The fourth-order valence-corrected chi connectivity index (χ4v) is 3.38. The molecule has 1 unspecified atom stereocenters. The minimum atomic E-state index is -0.308. The fourth-order valence-electron chi connectivity index (χ4n) is 3.38. The molecular weight excluding hydrogens is 296 g/mol. The predicted molar refractivity (Wildman–Crippen MR) is 96.7 cm³/mol. The molecule has 118 valence electrons. The molecule has 3 aromatic carbocycles. The predicted octanol–water partition coefficient (Wildman–Crippen LogP) is 4.74. The van der Waals surface area contributed by atoms with Crippen LogP contribution in [0.1, 0.15) is 18.1 Å². The van der Waals surface area contributed by atoms with Crippen LogP contribution in [0.3, 0.4) is 0 Å². The van der Waals surface area contributed by atoms with Crippen molar-refractivity contribution in [3.05, 3.63) is 90.0 Å². The molecular formula is C22H18O2. The summed E-state index contributed by atoms with van der Waals surface area (Å²) in [5.74, 6) is -0.247. The van der Waals surface area contributed by atoms with Gasteiger partial charge in [0.1, 0.15) is 6.61 Å². The lowest BCUT2D eigenvalue weighted by Crippen LogP contribution is -2.21. The Morgan fingerprint density at radius 3 is 2.42 bits per heavy atom. The van der Waals surface area contributed by atoms with E-state index in [4.69, 9.17) is 4.74 Å². The third kappa shape index (κ3) is 2.41. The van der Waals surface area contributed by atoms with Crippen LogP contribution < -0.4 is 0 Å². The van der Waals surface area contributed by atoms with Crippen LogP contribution in [0.4, 0.5) is 0 Å². The SMILES string of the molecule is CC(=O)OCC1(c2ccccc2)C=C1c1cccc2ccccc12. The highest BCUT2D eigenvalue weighted by atomic mass is 16.5. The maximum atomic E-state index is 11.4. The van der Waals surface area contributed by atoms with Gasteiger partial charge in [0.05, 0.1) is 5.41 Å². The molecule has 2 nitrogen and oxygen atoms in total. The van der Waals surface area contributed by atoms with Gasteiger partial charge in [-0.05, 0) is 27.5 Å². The molecule has 1 aliphatic rings. The molecule has 4 rings (SSSR count). The van der Waals surface area contributed by atoms with E-state index in [0.717, 1.165) is 5.56 Å². The highest BCUT2D eigenvalue weighted by Crippen LogP contribution is 2.54. The largest absolute Gasteiger partial charge is 0.464 e. The monoisotopic (exact) mass is 314 g/mol. The Morgan fingerprint density at radius 2 is 1.62 bits per heavy atom. The van der Waals surface area contributed by atoms with Crippen molar-refractivity contribution < 1.29 is 9.53 Å². The maximum Gasteiger partial charge on any atom is 0.302 e. The molecule has 3 aromatic rings. The van der Waals surface area contributed by atoms with Crippen LogP contribution in [0.5, 0.6) is 0 Å². The molecule has 1 atom stereocenters. The van der Waals surface area contributed by atoms with E-state index in [1.165, 1.54) is 28.8 Å². The highest BCUT2D eigenvalue weighted by molar-refractivity contribution is 6.02. The van der Waals surface area contributed by atoms with Crippen molar-refractivity contribution in [2.45, 2.75) is 12.3 Å². The van der Waals surface area contributed by atoms with Gasteiger partial charge in [-0.2, -0.15) is 0 Å². The number of rotatable bonds is 4. The van der Waals surface area contributed by atoms with Crippen molar-refractivity contribution in [3.63, 3.8) is 0 Å². The van der Waals surface area contributed by atoms with Crippen molar-refractivity contribution in [1.82, 2.24) is 0 Å². The summed E-state index contributed by atoms with van der Waals surface area (Å²) in [6, 6.07) is 25.0. The molecule has 0 aliphatic heterocycles. The zero-order valence-corrected chi connectivity index (χ0v) is 13.5. The lowest BCUT2D eigenvalue weighted by atomic mass is 9.87.